The largest absolute Gasteiger partial charge is 0.472 e. The van der Waals surface area contributed by atoms with E-state index in [2.05, 4.69) is 48.5 Å². The van der Waals surface area contributed by atoms with E-state index >= 15 is 0 Å². The molecule has 0 aliphatic heterocycles. The number of rotatable bonds is 64. The van der Waals surface area contributed by atoms with Crippen molar-refractivity contribution in [3.63, 3.8) is 0 Å². The summed E-state index contributed by atoms with van der Waals surface area (Å²) in [5, 5.41) is 10.6. The lowest BCUT2D eigenvalue weighted by atomic mass is 10.0. The number of phosphoric acid groups is 2. The minimum atomic E-state index is -4.95. The molecule has 0 heterocycles. The third kappa shape index (κ3) is 60.7. The van der Waals surface area contributed by atoms with Gasteiger partial charge in [0.2, 0.25) is 0 Å². The van der Waals surface area contributed by atoms with Gasteiger partial charge in [0.1, 0.15) is 19.3 Å². The molecule has 85 heavy (non-hydrogen) atoms. The monoisotopic (exact) mass is 1250 g/mol. The zero-order valence-corrected chi connectivity index (χ0v) is 56.9. The van der Waals surface area contributed by atoms with Gasteiger partial charge in [-0.15, -0.1) is 0 Å². The van der Waals surface area contributed by atoms with Crippen LogP contribution in [0.4, 0.5) is 0 Å². The number of ether oxygens (including phenoxy) is 4. The summed E-state index contributed by atoms with van der Waals surface area (Å²) in [6.07, 6.45) is 39.0. The van der Waals surface area contributed by atoms with Crippen molar-refractivity contribution in [1.82, 2.24) is 0 Å². The first-order valence-electron chi connectivity index (χ1n) is 34.3. The van der Waals surface area contributed by atoms with Crippen LogP contribution in [-0.2, 0) is 65.4 Å². The van der Waals surface area contributed by atoms with Crippen LogP contribution in [0.2, 0.25) is 0 Å². The van der Waals surface area contributed by atoms with E-state index in [0.717, 1.165) is 108 Å². The molecule has 0 saturated carbocycles. The van der Waals surface area contributed by atoms with Crippen molar-refractivity contribution >= 4 is 39.5 Å². The number of hydrogen-bond acceptors (Lipinski definition) is 15. The summed E-state index contributed by atoms with van der Waals surface area (Å²) in [5.74, 6) is 0.0158. The van der Waals surface area contributed by atoms with Gasteiger partial charge in [-0.25, -0.2) is 9.13 Å². The van der Waals surface area contributed by atoms with Gasteiger partial charge < -0.3 is 33.8 Å². The van der Waals surface area contributed by atoms with E-state index in [1.165, 1.54) is 128 Å². The van der Waals surface area contributed by atoms with Gasteiger partial charge in [0, 0.05) is 25.7 Å². The van der Waals surface area contributed by atoms with Crippen LogP contribution in [-0.4, -0.2) is 96.7 Å². The van der Waals surface area contributed by atoms with E-state index in [9.17, 15) is 43.2 Å². The summed E-state index contributed by atoms with van der Waals surface area (Å²) in [7, 11) is -9.89. The van der Waals surface area contributed by atoms with E-state index in [0.29, 0.717) is 31.6 Å². The highest BCUT2D eigenvalue weighted by molar-refractivity contribution is 7.47. The maximum Gasteiger partial charge on any atom is 0.472 e. The molecule has 0 spiro atoms. The van der Waals surface area contributed by atoms with Crippen molar-refractivity contribution < 1.29 is 80.2 Å². The number of esters is 4. The third-order valence-corrected chi connectivity index (χ3v) is 17.0. The molecule has 0 aliphatic carbocycles. The van der Waals surface area contributed by atoms with Crippen molar-refractivity contribution in [1.29, 1.82) is 0 Å². The van der Waals surface area contributed by atoms with E-state index in [-0.39, 0.29) is 25.7 Å². The molecule has 17 nitrogen and oxygen atoms in total. The topological polar surface area (TPSA) is 237 Å². The number of aliphatic hydroxyl groups excluding tert-OH is 1. The van der Waals surface area contributed by atoms with Crippen LogP contribution in [0.3, 0.4) is 0 Å². The maximum absolute atomic E-state index is 13.0. The Bertz CT molecular complexity index is 1680. The lowest BCUT2D eigenvalue weighted by molar-refractivity contribution is -0.161. The van der Waals surface area contributed by atoms with Crippen molar-refractivity contribution in [2.45, 2.75) is 343 Å². The summed E-state index contributed by atoms with van der Waals surface area (Å²) in [5.41, 5.74) is 0. The molecule has 0 fully saturated rings. The summed E-state index contributed by atoms with van der Waals surface area (Å²) >= 11 is 0. The summed E-state index contributed by atoms with van der Waals surface area (Å²) in [6.45, 7) is 11.7. The molecule has 19 heteroatoms. The van der Waals surface area contributed by atoms with Crippen LogP contribution >= 0.6 is 15.6 Å². The second-order valence-electron chi connectivity index (χ2n) is 25.3. The van der Waals surface area contributed by atoms with Gasteiger partial charge in [-0.3, -0.25) is 37.3 Å². The number of carbonyl (C=O) groups excluding carboxylic acids is 4. The van der Waals surface area contributed by atoms with E-state index in [1.807, 2.05) is 0 Å². The number of hydrogen-bond donors (Lipinski definition) is 3. The molecule has 0 bridgehead atoms. The normalized spacial score (nSPS) is 14.3. The lowest BCUT2D eigenvalue weighted by Crippen LogP contribution is -2.30. The molecule has 0 amide bonds. The zero-order valence-electron chi connectivity index (χ0n) is 55.1. The highest BCUT2D eigenvalue weighted by atomic mass is 31.2. The smallest absolute Gasteiger partial charge is 0.462 e. The van der Waals surface area contributed by atoms with Gasteiger partial charge in [0.25, 0.3) is 0 Å². The van der Waals surface area contributed by atoms with E-state index in [4.69, 9.17) is 37.0 Å². The second-order valence-corrected chi connectivity index (χ2v) is 28.2. The molecule has 0 aromatic carbocycles. The minimum Gasteiger partial charge on any atom is -0.462 e. The molecular formula is C66H128O17P2. The van der Waals surface area contributed by atoms with Gasteiger partial charge in [-0.1, -0.05) is 273 Å². The Hall–Kier alpha value is -1.94. The summed E-state index contributed by atoms with van der Waals surface area (Å²) < 4.78 is 68.1. The highest BCUT2D eigenvalue weighted by Crippen LogP contribution is 2.45. The zero-order chi connectivity index (χ0) is 63.1. The Morgan fingerprint density at radius 2 is 0.541 bits per heavy atom. The number of phosphoric ester groups is 2. The molecule has 0 radical (unpaired) electrons. The third-order valence-electron chi connectivity index (χ3n) is 15.1. The van der Waals surface area contributed by atoms with Crippen LogP contribution < -0.4 is 0 Å². The number of carbonyl (C=O) groups is 4. The Balaban J connectivity index is 5.25. The predicted molar refractivity (Wildman–Crippen MR) is 340 cm³/mol. The van der Waals surface area contributed by atoms with Crippen molar-refractivity contribution in [3.8, 4) is 0 Å². The van der Waals surface area contributed by atoms with Crippen molar-refractivity contribution in [2.24, 2.45) is 17.8 Å². The Kier molecular flexibility index (Phi) is 55.9. The van der Waals surface area contributed by atoms with Crippen molar-refractivity contribution in [2.75, 3.05) is 39.6 Å². The summed E-state index contributed by atoms with van der Waals surface area (Å²) in [4.78, 5) is 72.3. The van der Waals surface area contributed by atoms with E-state index in [1.54, 1.807) is 0 Å². The van der Waals surface area contributed by atoms with Gasteiger partial charge in [-0.05, 0) is 43.4 Å². The van der Waals surface area contributed by atoms with Crippen LogP contribution in [0.25, 0.3) is 0 Å². The summed E-state index contributed by atoms with van der Waals surface area (Å²) in [6, 6.07) is 0. The molecule has 0 saturated heterocycles. The Labute approximate surface area is 517 Å². The molecule has 0 aromatic rings. The molecule has 504 valence electrons. The average molecular weight is 1260 g/mol. The van der Waals surface area contributed by atoms with Crippen LogP contribution in [0, 0.1) is 17.8 Å². The number of unbranched alkanes of at least 4 members (excludes halogenated alkanes) is 32. The van der Waals surface area contributed by atoms with Gasteiger partial charge >= 0.3 is 39.5 Å². The first-order valence-corrected chi connectivity index (χ1v) is 37.3. The van der Waals surface area contributed by atoms with Crippen LogP contribution in [0.15, 0.2) is 0 Å². The minimum absolute atomic E-state index is 0.103. The van der Waals surface area contributed by atoms with Crippen molar-refractivity contribution in [3.05, 3.63) is 0 Å². The molecular weight excluding hydrogens is 1130 g/mol. The fourth-order valence-corrected chi connectivity index (χ4v) is 11.4. The van der Waals surface area contributed by atoms with Crippen LogP contribution in [0.1, 0.15) is 325 Å². The van der Waals surface area contributed by atoms with Gasteiger partial charge in [0.05, 0.1) is 26.4 Å². The van der Waals surface area contributed by atoms with Crippen LogP contribution in [0.5, 0.6) is 0 Å². The van der Waals surface area contributed by atoms with Gasteiger partial charge in [-0.2, -0.15) is 0 Å². The average Bonchev–Trinajstić information content (AvgIpc) is 3.60. The number of aliphatic hydroxyl groups is 1. The highest BCUT2D eigenvalue weighted by Gasteiger charge is 2.30. The standard InChI is InChI=1S/C66H128O17P2/c1-8-9-10-11-12-13-14-15-16-17-27-35-42-49-65(70)82-61(53-76-63(68)47-40-33-26-20-18-23-30-37-44-57(2)3)55-80-84(72,73)78-51-60(67)52-79-85(74,75)81-56-62(54-77-64(69)48-41-34-29-22-25-32-39-46-59(6)7)83-66(71)50-43-36-28-21-19-24-31-38-45-58(4)5/h57-62,67H,8-56H2,1-7H3,(H,72,73)(H,74,75)/t60-,61-,62-/m1/s1. The molecule has 0 aliphatic rings. The molecule has 2 unspecified atom stereocenters. The molecule has 0 rings (SSSR count). The maximum atomic E-state index is 13.0. The van der Waals surface area contributed by atoms with E-state index < -0.39 is 97.5 Å². The SMILES string of the molecule is CCCCCCCCCCCCCCCC(=O)O[C@H](COC(=O)CCCCCCCCCCC(C)C)COP(=O)(O)OC[C@@H](O)COP(=O)(O)OC[C@@H](COC(=O)CCCCCCCCCC(C)C)OC(=O)CCCCCCCCCCC(C)C. The molecule has 3 N–H and O–H groups in total. The predicted octanol–water partition coefficient (Wildman–Crippen LogP) is 18.3. The lowest BCUT2D eigenvalue weighted by Gasteiger charge is -2.21. The second kappa shape index (κ2) is 57.2. The fraction of sp³-hybridized carbons (Fsp3) is 0.939. The Morgan fingerprint density at radius 3 is 0.800 bits per heavy atom. The first kappa shape index (κ1) is 83.1. The van der Waals surface area contributed by atoms with Gasteiger partial charge in [0.15, 0.2) is 12.2 Å². The first-order chi connectivity index (χ1) is 40.7. The molecule has 0 aromatic heterocycles. The molecule has 5 atom stereocenters. The quantitative estimate of drug-likeness (QED) is 0.0222. The Morgan fingerprint density at radius 1 is 0.318 bits per heavy atom. The fourth-order valence-electron chi connectivity index (χ4n) is 9.83.